The molecule has 1 fully saturated rings. The van der Waals surface area contributed by atoms with Crippen molar-refractivity contribution >= 4 is 5.69 Å². The van der Waals surface area contributed by atoms with Gasteiger partial charge in [-0.05, 0) is 66.2 Å². The first kappa shape index (κ1) is 31.4. The standard InChI is InChI=1S/C12H18N2.C7H8.C5H8N2.C4H11N.CH4/c1-11-3-5-12(6-4-11)14-9-7-13(2)8-10-14;1-7-5-3-2-4-6-7;1-5-3-6-7(2)4-5;1-4-5(2)3;/h3-6H,7-10H2,1-2H3;2-6H,1H3;3-4H,1-2H3;4H2,1-3H3;1H4. The van der Waals surface area contributed by atoms with Crippen molar-refractivity contribution in [2.24, 2.45) is 7.05 Å². The summed E-state index contributed by atoms with van der Waals surface area (Å²) in [4.78, 5) is 6.96. The van der Waals surface area contributed by atoms with Crippen molar-refractivity contribution in [2.75, 3.05) is 58.8 Å². The highest BCUT2D eigenvalue weighted by Gasteiger charge is 2.13. The largest absolute Gasteiger partial charge is 0.369 e. The summed E-state index contributed by atoms with van der Waals surface area (Å²) in [6.45, 7) is 14.2. The van der Waals surface area contributed by atoms with Gasteiger partial charge in [-0.25, -0.2) is 0 Å². The van der Waals surface area contributed by atoms with E-state index in [1.54, 1.807) is 4.68 Å². The molecule has 0 bridgehead atoms. The molecule has 0 N–H and O–H groups in total. The Kier molecular flexibility index (Phi) is 16.4. The van der Waals surface area contributed by atoms with E-state index in [2.05, 4.69) is 98.1 Å². The summed E-state index contributed by atoms with van der Waals surface area (Å²) in [5.74, 6) is 0. The molecule has 0 spiro atoms. The van der Waals surface area contributed by atoms with Crippen molar-refractivity contribution < 1.29 is 0 Å². The Morgan fingerprint density at radius 3 is 1.59 bits per heavy atom. The first-order valence-electron chi connectivity index (χ1n) is 11.8. The van der Waals surface area contributed by atoms with Crippen LogP contribution in [0.15, 0.2) is 67.0 Å². The molecule has 2 heterocycles. The van der Waals surface area contributed by atoms with Crippen LogP contribution in [0, 0.1) is 20.8 Å². The number of aryl methyl sites for hydroxylation is 4. The molecule has 1 aromatic heterocycles. The van der Waals surface area contributed by atoms with E-state index in [1.165, 1.54) is 35.5 Å². The fourth-order valence-electron chi connectivity index (χ4n) is 2.90. The number of hydrogen-bond donors (Lipinski definition) is 0. The molecular weight excluding hydrogens is 418 g/mol. The SMILES string of the molecule is C.CCN(C)C.Cc1ccc(N2CCN(C)CC2)cc1.Cc1ccccc1.Cc1cnn(C)c1. The van der Waals surface area contributed by atoms with Gasteiger partial charge in [-0.2, -0.15) is 5.10 Å². The van der Waals surface area contributed by atoms with Crippen molar-refractivity contribution in [3.63, 3.8) is 0 Å². The maximum absolute atomic E-state index is 3.93. The predicted octanol–water partition coefficient (Wildman–Crippen LogP) is 5.67. The topological polar surface area (TPSA) is 27.5 Å². The van der Waals surface area contributed by atoms with Gasteiger partial charge in [0.25, 0.3) is 0 Å². The lowest BCUT2D eigenvalue weighted by atomic mass is 10.2. The molecular formula is C29H49N5. The van der Waals surface area contributed by atoms with Crippen molar-refractivity contribution in [2.45, 2.75) is 35.1 Å². The van der Waals surface area contributed by atoms with Crippen molar-refractivity contribution in [3.05, 3.63) is 83.7 Å². The zero-order valence-corrected chi connectivity index (χ0v) is 22.1. The Bertz CT molecular complexity index is 831. The molecule has 0 atom stereocenters. The molecule has 0 aliphatic carbocycles. The average Bonchev–Trinajstić information content (AvgIpc) is 3.19. The number of aromatic nitrogens is 2. The number of benzene rings is 2. The number of nitrogens with zero attached hydrogens (tertiary/aromatic N) is 5. The molecule has 34 heavy (non-hydrogen) atoms. The summed E-state index contributed by atoms with van der Waals surface area (Å²) >= 11 is 0. The second kappa shape index (κ2) is 17.8. The van der Waals surface area contributed by atoms with Gasteiger partial charge < -0.3 is 14.7 Å². The van der Waals surface area contributed by atoms with Crippen molar-refractivity contribution in [1.82, 2.24) is 19.6 Å². The molecule has 5 heteroatoms. The fraction of sp³-hybridized carbons (Fsp3) is 0.483. The summed E-state index contributed by atoms with van der Waals surface area (Å²) in [5.41, 5.74) is 5.23. The summed E-state index contributed by atoms with van der Waals surface area (Å²) in [7, 11) is 8.21. The Balaban J connectivity index is 0.000000464. The Morgan fingerprint density at radius 1 is 0.765 bits per heavy atom. The van der Waals surface area contributed by atoms with Gasteiger partial charge in [0.15, 0.2) is 0 Å². The van der Waals surface area contributed by atoms with E-state index < -0.39 is 0 Å². The molecule has 3 aromatic rings. The molecule has 4 rings (SSSR count). The lowest BCUT2D eigenvalue weighted by molar-refractivity contribution is 0.313. The van der Waals surface area contributed by atoms with Crippen LogP contribution in [0.4, 0.5) is 5.69 Å². The first-order chi connectivity index (χ1) is 15.7. The van der Waals surface area contributed by atoms with E-state index in [4.69, 9.17) is 0 Å². The second-order valence-electron chi connectivity index (χ2n) is 8.87. The lowest BCUT2D eigenvalue weighted by Gasteiger charge is -2.34. The summed E-state index contributed by atoms with van der Waals surface area (Å²) in [6.07, 6.45) is 3.81. The maximum Gasteiger partial charge on any atom is 0.0518 e. The molecule has 1 saturated heterocycles. The van der Waals surface area contributed by atoms with Gasteiger partial charge >= 0.3 is 0 Å². The Morgan fingerprint density at radius 2 is 1.26 bits per heavy atom. The van der Waals surface area contributed by atoms with Crippen LogP contribution in [0.1, 0.15) is 31.0 Å². The molecule has 190 valence electrons. The van der Waals surface area contributed by atoms with Crippen LogP contribution < -0.4 is 4.90 Å². The molecule has 0 radical (unpaired) electrons. The van der Waals surface area contributed by atoms with Crippen molar-refractivity contribution in [3.8, 4) is 0 Å². The van der Waals surface area contributed by atoms with Crippen LogP contribution in [0.5, 0.6) is 0 Å². The van der Waals surface area contributed by atoms with Crippen LogP contribution in [-0.2, 0) is 7.05 Å². The Hall–Kier alpha value is -2.63. The van der Waals surface area contributed by atoms with Gasteiger partial charge in [0, 0.05) is 45.1 Å². The highest BCUT2D eigenvalue weighted by Crippen LogP contribution is 2.16. The predicted molar refractivity (Wildman–Crippen MR) is 151 cm³/mol. The molecule has 0 amide bonds. The van der Waals surface area contributed by atoms with Crippen LogP contribution >= 0.6 is 0 Å². The summed E-state index contributed by atoms with van der Waals surface area (Å²) < 4.78 is 1.79. The van der Waals surface area contributed by atoms with E-state index in [9.17, 15) is 0 Å². The smallest absolute Gasteiger partial charge is 0.0518 e. The molecule has 2 aromatic carbocycles. The molecule has 1 aliphatic rings. The quantitative estimate of drug-likeness (QED) is 0.485. The van der Waals surface area contributed by atoms with Gasteiger partial charge in [0.2, 0.25) is 0 Å². The van der Waals surface area contributed by atoms with E-state index in [0.29, 0.717) is 0 Å². The third kappa shape index (κ3) is 14.5. The minimum atomic E-state index is 0. The number of anilines is 1. The molecule has 0 unspecified atom stereocenters. The summed E-state index contributed by atoms with van der Waals surface area (Å²) in [6, 6.07) is 19.1. The minimum absolute atomic E-state index is 0. The number of rotatable bonds is 2. The molecule has 0 saturated carbocycles. The highest BCUT2D eigenvalue weighted by atomic mass is 15.2. The zero-order valence-electron chi connectivity index (χ0n) is 22.1. The third-order valence-electron chi connectivity index (χ3n) is 5.31. The van der Waals surface area contributed by atoms with Crippen molar-refractivity contribution in [1.29, 1.82) is 0 Å². The normalized spacial score (nSPS) is 12.8. The van der Waals surface area contributed by atoms with E-state index in [-0.39, 0.29) is 7.43 Å². The van der Waals surface area contributed by atoms with E-state index >= 15 is 0 Å². The third-order valence-corrected chi connectivity index (χ3v) is 5.31. The lowest BCUT2D eigenvalue weighted by Crippen LogP contribution is -2.44. The fourth-order valence-corrected chi connectivity index (χ4v) is 2.90. The zero-order chi connectivity index (χ0) is 24.6. The van der Waals surface area contributed by atoms with Gasteiger partial charge in [-0.3, -0.25) is 4.68 Å². The van der Waals surface area contributed by atoms with E-state index in [0.717, 1.165) is 19.6 Å². The highest BCUT2D eigenvalue weighted by molar-refractivity contribution is 5.47. The van der Waals surface area contributed by atoms with Gasteiger partial charge in [0.1, 0.15) is 0 Å². The second-order valence-corrected chi connectivity index (χ2v) is 8.87. The van der Waals surface area contributed by atoms with Crippen LogP contribution in [0.3, 0.4) is 0 Å². The Labute approximate surface area is 210 Å². The number of hydrogen-bond acceptors (Lipinski definition) is 4. The van der Waals surface area contributed by atoms with E-state index in [1.807, 2.05) is 44.6 Å². The number of piperazine rings is 1. The minimum Gasteiger partial charge on any atom is -0.369 e. The first-order valence-corrected chi connectivity index (χ1v) is 11.8. The maximum atomic E-state index is 3.93. The van der Waals surface area contributed by atoms with Gasteiger partial charge in [-0.1, -0.05) is 67.9 Å². The molecule has 5 nitrogen and oxygen atoms in total. The van der Waals surface area contributed by atoms with Crippen LogP contribution in [0.2, 0.25) is 0 Å². The monoisotopic (exact) mass is 467 g/mol. The molecule has 1 aliphatic heterocycles. The number of likely N-dealkylation sites (N-methyl/N-ethyl adjacent to an activating group) is 1. The average molecular weight is 468 g/mol. The summed E-state index contributed by atoms with van der Waals surface area (Å²) in [5, 5.41) is 3.93. The van der Waals surface area contributed by atoms with Crippen LogP contribution in [0.25, 0.3) is 0 Å². The van der Waals surface area contributed by atoms with Crippen LogP contribution in [-0.4, -0.2) is 73.4 Å². The van der Waals surface area contributed by atoms with Gasteiger partial charge in [-0.15, -0.1) is 0 Å². The van der Waals surface area contributed by atoms with Gasteiger partial charge in [0.05, 0.1) is 6.20 Å².